The number of hydrogen-bond donors (Lipinski definition) is 2. The van der Waals surface area contributed by atoms with Crippen molar-refractivity contribution in [2.45, 2.75) is 4.90 Å². The molecule has 0 aliphatic heterocycles. The Morgan fingerprint density at radius 3 is 2.19 bits per heavy atom. The van der Waals surface area contributed by atoms with Crippen LogP contribution in [0.5, 0.6) is 0 Å². The van der Waals surface area contributed by atoms with E-state index in [9.17, 15) is 17.6 Å². The Bertz CT molecular complexity index is 1300. The van der Waals surface area contributed by atoms with E-state index in [4.69, 9.17) is 4.52 Å². The van der Waals surface area contributed by atoms with Crippen LogP contribution in [0.2, 0.25) is 0 Å². The van der Waals surface area contributed by atoms with E-state index in [0.29, 0.717) is 11.4 Å². The minimum Gasteiger partial charge on any atom is -0.355 e. The van der Waals surface area contributed by atoms with Crippen LogP contribution < -0.4 is 10.0 Å². The third kappa shape index (κ3) is 4.78. The topological polar surface area (TPSA) is 101 Å². The van der Waals surface area contributed by atoms with E-state index < -0.39 is 21.7 Å². The number of nitrogens with zero attached hydrogens (tertiary/aromatic N) is 1. The average Bonchev–Trinajstić information content (AvgIpc) is 3.26. The second kappa shape index (κ2) is 8.41. The van der Waals surface area contributed by atoms with Gasteiger partial charge in [0.1, 0.15) is 5.82 Å². The first-order valence-corrected chi connectivity index (χ1v) is 10.6. The van der Waals surface area contributed by atoms with Gasteiger partial charge in [0.05, 0.1) is 4.90 Å². The smallest absolute Gasteiger partial charge is 0.277 e. The molecule has 4 aromatic rings. The number of anilines is 2. The Kier molecular flexibility index (Phi) is 5.50. The molecule has 3 aromatic carbocycles. The van der Waals surface area contributed by atoms with Gasteiger partial charge in [0.15, 0.2) is 11.5 Å². The molecule has 9 heteroatoms. The zero-order chi connectivity index (χ0) is 21.8. The molecule has 0 unspecified atom stereocenters. The fourth-order valence-electron chi connectivity index (χ4n) is 2.77. The SMILES string of the molecule is O=C(Nc1ccc(NS(=O)(=O)c2ccc(F)cc2)cc1)c1cc(-c2ccccc2)on1. The number of carbonyl (C=O) groups is 1. The molecule has 4 rings (SSSR count). The minimum absolute atomic E-state index is 0.0634. The quantitative estimate of drug-likeness (QED) is 0.461. The fraction of sp³-hybridized carbons (Fsp3) is 0. The molecule has 1 amide bonds. The largest absolute Gasteiger partial charge is 0.355 e. The number of amides is 1. The van der Waals surface area contributed by atoms with Crippen molar-refractivity contribution in [1.29, 1.82) is 0 Å². The van der Waals surface area contributed by atoms with Crippen LogP contribution in [0.15, 0.2) is 94.3 Å². The van der Waals surface area contributed by atoms with Crippen molar-refractivity contribution < 1.29 is 22.1 Å². The van der Waals surface area contributed by atoms with E-state index in [2.05, 4.69) is 15.2 Å². The maximum Gasteiger partial charge on any atom is 0.277 e. The second-order valence-electron chi connectivity index (χ2n) is 6.53. The van der Waals surface area contributed by atoms with E-state index >= 15 is 0 Å². The maximum absolute atomic E-state index is 13.0. The van der Waals surface area contributed by atoms with Gasteiger partial charge in [-0.05, 0) is 48.5 Å². The number of sulfonamides is 1. The molecule has 0 fully saturated rings. The van der Waals surface area contributed by atoms with Crippen molar-refractivity contribution in [3.05, 3.63) is 96.4 Å². The molecule has 1 heterocycles. The molecule has 0 spiro atoms. The summed E-state index contributed by atoms with van der Waals surface area (Å²) in [6.07, 6.45) is 0. The molecule has 0 aliphatic carbocycles. The van der Waals surface area contributed by atoms with Crippen LogP contribution in [0.4, 0.5) is 15.8 Å². The fourth-order valence-corrected chi connectivity index (χ4v) is 3.82. The van der Waals surface area contributed by atoms with E-state index in [-0.39, 0.29) is 16.3 Å². The molecule has 31 heavy (non-hydrogen) atoms. The standard InChI is InChI=1S/C22H16FN3O4S/c23-16-6-12-19(13-7-16)31(28,29)26-18-10-8-17(9-11-18)24-22(27)20-14-21(30-25-20)15-4-2-1-3-5-15/h1-14,26H,(H,24,27). The Labute approximate surface area is 177 Å². The van der Waals surface area contributed by atoms with E-state index in [1.165, 1.54) is 30.3 Å². The monoisotopic (exact) mass is 437 g/mol. The summed E-state index contributed by atoms with van der Waals surface area (Å²) in [6.45, 7) is 0. The molecular weight excluding hydrogens is 421 g/mol. The van der Waals surface area contributed by atoms with Gasteiger partial charge in [-0.3, -0.25) is 9.52 Å². The molecular formula is C22H16FN3O4S. The summed E-state index contributed by atoms with van der Waals surface area (Å²) in [6, 6.07) is 21.4. The third-order valence-corrected chi connectivity index (χ3v) is 5.72. The minimum atomic E-state index is -3.86. The predicted molar refractivity (Wildman–Crippen MR) is 114 cm³/mol. The Hall–Kier alpha value is -3.98. The van der Waals surface area contributed by atoms with Gasteiger partial charge in [-0.2, -0.15) is 0 Å². The zero-order valence-electron chi connectivity index (χ0n) is 15.9. The second-order valence-corrected chi connectivity index (χ2v) is 8.22. The van der Waals surface area contributed by atoms with Gasteiger partial charge in [0, 0.05) is 23.0 Å². The first kappa shape index (κ1) is 20.3. The summed E-state index contributed by atoms with van der Waals surface area (Å²) < 4.78 is 45.3. The van der Waals surface area contributed by atoms with Crippen LogP contribution >= 0.6 is 0 Å². The lowest BCUT2D eigenvalue weighted by atomic mass is 10.1. The summed E-state index contributed by atoms with van der Waals surface area (Å²) in [4.78, 5) is 12.3. The highest BCUT2D eigenvalue weighted by molar-refractivity contribution is 7.92. The van der Waals surface area contributed by atoms with Gasteiger partial charge in [-0.1, -0.05) is 35.5 Å². The molecule has 2 N–H and O–H groups in total. The highest BCUT2D eigenvalue weighted by Crippen LogP contribution is 2.22. The lowest BCUT2D eigenvalue weighted by Gasteiger charge is -2.09. The first-order chi connectivity index (χ1) is 14.9. The van der Waals surface area contributed by atoms with Crippen LogP contribution in [0, 0.1) is 5.82 Å². The van der Waals surface area contributed by atoms with Gasteiger partial charge < -0.3 is 9.84 Å². The molecule has 0 saturated heterocycles. The van der Waals surface area contributed by atoms with Crippen molar-refractivity contribution in [1.82, 2.24) is 5.16 Å². The number of hydrogen-bond acceptors (Lipinski definition) is 5. The molecule has 156 valence electrons. The maximum atomic E-state index is 13.0. The average molecular weight is 437 g/mol. The summed E-state index contributed by atoms with van der Waals surface area (Å²) in [5.41, 5.74) is 1.64. The van der Waals surface area contributed by atoms with Gasteiger partial charge in [-0.25, -0.2) is 12.8 Å². The normalized spacial score (nSPS) is 11.1. The molecule has 0 radical (unpaired) electrons. The molecule has 7 nitrogen and oxygen atoms in total. The van der Waals surface area contributed by atoms with Gasteiger partial charge in [0.25, 0.3) is 15.9 Å². The lowest BCUT2D eigenvalue weighted by Crippen LogP contribution is -2.14. The van der Waals surface area contributed by atoms with Crippen molar-refractivity contribution in [2.24, 2.45) is 0 Å². The first-order valence-electron chi connectivity index (χ1n) is 9.13. The summed E-state index contributed by atoms with van der Waals surface area (Å²) in [5, 5.41) is 6.46. The highest BCUT2D eigenvalue weighted by Gasteiger charge is 2.16. The number of nitrogens with one attached hydrogen (secondary N) is 2. The van der Waals surface area contributed by atoms with E-state index in [1.807, 2.05) is 30.3 Å². The van der Waals surface area contributed by atoms with Crippen molar-refractivity contribution >= 4 is 27.3 Å². The van der Waals surface area contributed by atoms with Crippen LogP contribution in [0.25, 0.3) is 11.3 Å². The zero-order valence-corrected chi connectivity index (χ0v) is 16.8. The van der Waals surface area contributed by atoms with Crippen molar-refractivity contribution in [2.75, 3.05) is 10.0 Å². The van der Waals surface area contributed by atoms with Crippen molar-refractivity contribution in [3.63, 3.8) is 0 Å². The Balaban J connectivity index is 1.42. The van der Waals surface area contributed by atoms with Gasteiger partial charge in [0.2, 0.25) is 0 Å². The lowest BCUT2D eigenvalue weighted by molar-refractivity contribution is 0.101. The van der Waals surface area contributed by atoms with E-state index in [0.717, 1.165) is 17.7 Å². The van der Waals surface area contributed by atoms with Crippen molar-refractivity contribution in [3.8, 4) is 11.3 Å². The number of halogens is 1. The number of aromatic nitrogens is 1. The molecule has 0 atom stereocenters. The van der Waals surface area contributed by atoms with Gasteiger partial charge >= 0.3 is 0 Å². The molecule has 0 bridgehead atoms. The number of rotatable bonds is 6. The third-order valence-electron chi connectivity index (χ3n) is 4.32. The summed E-state index contributed by atoms with van der Waals surface area (Å²) in [5.74, 6) is -0.524. The Morgan fingerprint density at radius 1 is 0.871 bits per heavy atom. The van der Waals surface area contributed by atoms with Crippen LogP contribution in [0.3, 0.4) is 0 Å². The number of benzene rings is 3. The predicted octanol–water partition coefficient (Wildman–Crippen LogP) is 4.53. The van der Waals surface area contributed by atoms with Crippen LogP contribution in [-0.2, 0) is 10.0 Å². The van der Waals surface area contributed by atoms with E-state index in [1.54, 1.807) is 12.1 Å². The molecule has 0 aliphatic rings. The molecule has 0 saturated carbocycles. The van der Waals surface area contributed by atoms with Gasteiger partial charge in [-0.15, -0.1) is 0 Å². The highest BCUT2D eigenvalue weighted by atomic mass is 32.2. The van der Waals surface area contributed by atoms with Crippen LogP contribution in [-0.4, -0.2) is 19.5 Å². The molecule has 1 aromatic heterocycles. The van der Waals surface area contributed by atoms with Crippen LogP contribution in [0.1, 0.15) is 10.5 Å². The summed E-state index contributed by atoms with van der Waals surface area (Å²) >= 11 is 0. The summed E-state index contributed by atoms with van der Waals surface area (Å²) in [7, 11) is -3.86. The Morgan fingerprint density at radius 2 is 1.52 bits per heavy atom. The number of carbonyl (C=O) groups excluding carboxylic acids is 1.